The minimum atomic E-state index is 0.834. The molecule has 1 saturated heterocycles. The second-order valence-corrected chi connectivity index (χ2v) is 7.09. The lowest BCUT2D eigenvalue weighted by Gasteiger charge is -2.41. The summed E-state index contributed by atoms with van der Waals surface area (Å²) in [6.07, 6.45) is 9.37. The monoisotopic (exact) mass is 298 g/mol. The van der Waals surface area contributed by atoms with E-state index in [-0.39, 0.29) is 0 Å². The quantitative estimate of drug-likeness (QED) is 0.914. The summed E-state index contributed by atoms with van der Waals surface area (Å²) in [6.45, 7) is 4.45. The molecule has 0 aromatic carbocycles. The summed E-state index contributed by atoms with van der Waals surface area (Å²) in [4.78, 5) is 13.9. The van der Waals surface area contributed by atoms with Crippen LogP contribution in [-0.2, 0) is 0 Å². The fourth-order valence-electron chi connectivity index (χ4n) is 4.93. The standard InChI is InChI=1S/C16H22N6/c1-2-12-7-11(1)8-14(12)21-3-5-22(6-4-21)16-13-9-19-20-15(13)17-10-18-16/h9-12,14H,1-8H2,(H,17,18,19,20)/t11-,12-,14-/m0/s1. The molecule has 0 unspecified atom stereocenters. The van der Waals surface area contributed by atoms with Gasteiger partial charge in [-0.05, 0) is 31.1 Å². The van der Waals surface area contributed by atoms with Gasteiger partial charge in [0.2, 0.25) is 0 Å². The molecule has 6 nitrogen and oxygen atoms in total. The number of piperazine rings is 1. The Bertz CT molecular complexity index is 674. The first-order chi connectivity index (χ1) is 10.9. The zero-order chi connectivity index (χ0) is 14.5. The molecule has 2 aromatic rings. The first-order valence-electron chi connectivity index (χ1n) is 8.51. The number of H-pyrrole nitrogens is 1. The van der Waals surface area contributed by atoms with Gasteiger partial charge in [-0.3, -0.25) is 10.00 Å². The Morgan fingerprint density at radius 2 is 1.95 bits per heavy atom. The van der Waals surface area contributed by atoms with Crippen molar-refractivity contribution in [2.45, 2.75) is 31.7 Å². The number of anilines is 1. The average molecular weight is 298 g/mol. The zero-order valence-electron chi connectivity index (χ0n) is 12.8. The number of aromatic amines is 1. The first kappa shape index (κ1) is 12.8. The molecule has 116 valence electrons. The molecule has 0 spiro atoms. The Morgan fingerprint density at radius 1 is 1.05 bits per heavy atom. The van der Waals surface area contributed by atoms with Crippen molar-refractivity contribution in [1.29, 1.82) is 0 Å². The highest BCUT2D eigenvalue weighted by atomic mass is 15.3. The highest BCUT2D eigenvalue weighted by Gasteiger charge is 2.42. The fourth-order valence-corrected chi connectivity index (χ4v) is 4.93. The Morgan fingerprint density at radius 3 is 2.73 bits per heavy atom. The van der Waals surface area contributed by atoms with Crippen LogP contribution in [-0.4, -0.2) is 57.3 Å². The number of nitrogens with zero attached hydrogens (tertiary/aromatic N) is 5. The first-order valence-corrected chi connectivity index (χ1v) is 8.51. The lowest BCUT2D eigenvalue weighted by atomic mass is 9.93. The van der Waals surface area contributed by atoms with Gasteiger partial charge in [0, 0.05) is 32.2 Å². The van der Waals surface area contributed by atoms with E-state index in [1.165, 1.54) is 25.7 Å². The molecule has 22 heavy (non-hydrogen) atoms. The van der Waals surface area contributed by atoms with Gasteiger partial charge >= 0.3 is 0 Å². The summed E-state index contributed by atoms with van der Waals surface area (Å²) in [5, 5.41) is 8.07. The highest BCUT2D eigenvalue weighted by Crippen LogP contribution is 2.46. The SMILES string of the molecule is c1nc(N2CCN([C@H]3C[C@H]4CC[C@H]3C4)CC2)c2cn[nH]c2n1. The van der Waals surface area contributed by atoms with Gasteiger partial charge in [0.25, 0.3) is 0 Å². The minimum Gasteiger partial charge on any atom is -0.353 e. The molecule has 3 atom stereocenters. The van der Waals surface area contributed by atoms with Crippen LogP contribution >= 0.6 is 0 Å². The van der Waals surface area contributed by atoms with Crippen LogP contribution in [0.25, 0.3) is 11.0 Å². The van der Waals surface area contributed by atoms with Gasteiger partial charge in [-0.15, -0.1) is 0 Å². The number of fused-ring (bicyclic) bond motifs is 3. The van der Waals surface area contributed by atoms with Crippen molar-refractivity contribution < 1.29 is 0 Å². The van der Waals surface area contributed by atoms with Crippen molar-refractivity contribution in [1.82, 2.24) is 25.1 Å². The van der Waals surface area contributed by atoms with Gasteiger partial charge in [0.05, 0.1) is 11.6 Å². The van der Waals surface area contributed by atoms with E-state index < -0.39 is 0 Å². The summed E-state index contributed by atoms with van der Waals surface area (Å²) in [7, 11) is 0. The van der Waals surface area contributed by atoms with E-state index in [1.807, 2.05) is 6.20 Å². The van der Waals surface area contributed by atoms with Gasteiger partial charge in [-0.2, -0.15) is 5.10 Å². The van der Waals surface area contributed by atoms with E-state index >= 15 is 0 Å². The van der Waals surface area contributed by atoms with Crippen LogP contribution in [0.2, 0.25) is 0 Å². The predicted molar refractivity (Wildman–Crippen MR) is 84.7 cm³/mol. The summed E-state index contributed by atoms with van der Waals surface area (Å²) in [5.41, 5.74) is 0.834. The van der Waals surface area contributed by atoms with Crippen LogP contribution in [0, 0.1) is 11.8 Å². The third-order valence-electron chi connectivity index (χ3n) is 6.01. The number of nitrogens with one attached hydrogen (secondary N) is 1. The van der Waals surface area contributed by atoms with E-state index in [2.05, 4.69) is 30.0 Å². The van der Waals surface area contributed by atoms with Crippen LogP contribution in [0.5, 0.6) is 0 Å². The largest absolute Gasteiger partial charge is 0.353 e. The smallest absolute Gasteiger partial charge is 0.160 e. The molecule has 5 rings (SSSR count). The topological polar surface area (TPSA) is 60.9 Å². The molecular formula is C16H22N6. The summed E-state index contributed by atoms with van der Waals surface area (Å²) < 4.78 is 0. The Hall–Kier alpha value is -1.69. The molecule has 2 aromatic heterocycles. The van der Waals surface area contributed by atoms with E-state index in [0.29, 0.717) is 0 Å². The maximum absolute atomic E-state index is 4.50. The third kappa shape index (κ3) is 1.93. The zero-order valence-corrected chi connectivity index (χ0v) is 12.8. The molecule has 3 fully saturated rings. The molecule has 2 aliphatic carbocycles. The molecular weight excluding hydrogens is 276 g/mol. The number of hydrogen-bond acceptors (Lipinski definition) is 5. The summed E-state index contributed by atoms with van der Waals surface area (Å²) in [5.74, 6) is 3.04. The lowest BCUT2D eigenvalue weighted by molar-refractivity contribution is 0.135. The van der Waals surface area contributed by atoms with E-state index in [4.69, 9.17) is 0 Å². The number of rotatable bonds is 2. The number of hydrogen-bond donors (Lipinski definition) is 1. The minimum absolute atomic E-state index is 0.834. The lowest BCUT2D eigenvalue weighted by Crippen LogP contribution is -2.52. The van der Waals surface area contributed by atoms with Gasteiger partial charge < -0.3 is 4.90 Å². The molecule has 1 aliphatic heterocycles. The van der Waals surface area contributed by atoms with E-state index in [0.717, 1.165) is 60.9 Å². The third-order valence-corrected chi connectivity index (χ3v) is 6.01. The molecule has 0 amide bonds. The number of aromatic nitrogens is 4. The van der Waals surface area contributed by atoms with E-state index in [1.54, 1.807) is 6.33 Å². The maximum Gasteiger partial charge on any atom is 0.160 e. The Kier molecular flexibility index (Phi) is 2.86. The molecule has 2 saturated carbocycles. The van der Waals surface area contributed by atoms with Crippen LogP contribution in [0.1, 0.15) is 25.7 Å². The summed E-state index contributed by atoms with van der Waals surface area (Å²) in [6, 6.07) is 0.861. The van der Waals surface area contributed by atoms with Gasteiger partial charge in [-0.1, -0.05) is 6.42 Å². The van der Waals surface area contributed by atoms with Crippen LogP contribution in [0.4, 0.5) is 5.82 Å². The highest BCUT2D eigenvalue weighted by molar-refractivity contribution is 5.86. The van der Waals surface area contributed by atoms with Crippen molar-refractivity contribution >= 4 is 16.9 Å². The normalized spacial score (nSPS) is 32.2. The maximum atomic E-state index is 4.50. The van der Waals surface area contributed by atoms with Crippen molar-refractivity contribution in [3.05, 3.63) is 12.5 Å². The Balaban J connectivity index is 1.31. The molecule has 0 radical (unpaired) electrons. The van der Waals surface area contributed by atoms with Crippen LogP contribution < -0.4 is 4.90 Å². The van der Waals surface area contributed by atoms with Crippen molar-refractivity contribution in [2.24, 2.45) is 11.8 Å². The molecule has 3 heterocycles. The van der Waals surface area contributed by atoms with E-state index in [9.17, 15) is 0 Å². The van der Waals surface area contributed by atoms with Crippen LogP contribution in [0.3, 0.4) is 0 Å². The summed E-state index contributed by atoms with van der Waals surface area (Å²) >= 11 is 0. The fraction of sp³-hybridized carbons (Fsp3) is 0.688. The van der Waals surface area contributed by atoms with Crippen molar-refractivity contribution in [3.8, 4) is 0 Å². The average Bonchev–Trinajstić information content (AvgIpc) is 3.30. The second kappa shape index (κ2) is 4.91. The van der Waals surface area contributed by atoms with Gasteiger partial charge in [-0.25, -0.2) is 9.97 Å². The predicted octanol–water partition coefficient (Wildman–Crippen LogP) is 1.66. The molecule has 6 heteroatoms. The van der Waals surface area contributed by atoms with Crippen LogP contribution in [0.15, 0.2) is 12.5 Å². The Labute approximate surface area is 129 Å². The van der Waals surface area contributed by atoms with Gasteiger partial charge in [0.1, 0.15) is 12.1 Å². The molecule has 1 N–H and O–H groups in total. The van der Waals surface area contributed by atoms with Crippen molar-refractivity contribution in [2.75, 3.05) is 31.1 Å². The van der Waals surface area contributed by atoms with Crippen molar-refractivity contribution in [3.63, 3.8) is 0 Å². The van der Waals surface area contributed by atoms with Gasteiger partial charge in [0.15, 0.2) is 5.65 Å². The molecule has 3 aliphatic rings. The molecule has 2 bridgehead atoms. The second-order valence-electron chi connectivity index (χ2n) is 7.09.